The summed E-state index contributed by atoms with van der Waals surface area (Å²) < 4.78 is 7.24. The van der Waals surface area contributed by atoms with Crippen molar-refractivity contribution < 1.29 is 4.74 Å². The highest BCUT2D eigenvalue weighted by Gasteiger charge is 2.06. The van der Waals surface area contributed by atoms with Crippen LogP contribution in [-0.4, -0.2) is 9.78 Å². The van der Waals surface area contributed by atoms with Gasteiger partial charge in [0, 0.05) is 7.05 Å². The van der Waals surface area contributed by atoms with E-state index in [-0.39, 0.29) is 0 Å². The van der Waals surface area contributed by atoms with Gasteiger partial charge in [-0.15, -0.1) is 5.10 Å². The summed E-state index contributed by atoms with van der Waals surface area (Å²) in [6.45, 7) is 2.17. The van der Waals surface area contributed by atoms with E-state index >= 15 is 0 Å². The average Bonchev–Trinajstić information content (AvgIpc) is 2.61. The van der Waals surface area contributed by atoms with Crippen LogP contribution in [0.15, 0.2) is 30.5 Å². The third kappa shape index (κ3) is 2.78. The Bertz CT molecular complexity index is 488. The van der Waals surface area contributed by atoms with Crippen LogP contribution >= 0.6 is 0 Å². The van der Waals surface area contributed by atoms with Crippen LogP contribution in [0.1, 0.15) is 18.9 Å². The van der Waals surface area contributed by atoms with Gasteiger partial charge in [-0.05, 0) is 24.1 Å². The summed E-state index contributed by atoms with van der Waals surface area (Å²) in [5, 5.41) is 4.13. The van der Waals surface area contributed by atoms with Crippen LogP contribution in [0.25, 0.3) is 0 Å². The van der Waals surface area contributed by atoms with Gasteiger partial charge >= 0.3 is 0 Å². The number of aromatic nitrogens is 2. The van der Waals surface area contributed by atoms with Crippen molar-refractivity contribution >= 4 is 5.69 Å². The topological polar surface area (TPSA) is 53.1 Å². The lowest BCUT2D eigenvalue weighted by Crippen LogP contribution is -1.91. The van der Waals surface area contributed by atoms with Gasteiger partial charge < -0.3 is 10.5 Å². The van der Waals surface area contributed by atoms with Gasteiger partial charge in [0.2, 0.25) is 0 Å². The Hall–Kier alpha value is -1.97. The number of benzene rings is 1. The fourth-order valence-electron chi connectivity index (χ4n) is 1.69. The van der Waals surface area contributed by atoms with E-state index in [1.54, 1.807) is 10.9 Å². The first kappa shape index (κ1) is 11.5. The number of ether oxygens (including phenoxy) is 1. The molecular weight excluding hydrogens is 214 g/mol. The van der Waals surface area contributed by atoms with Gasteiger partial charge in [0.1, 0.15) is 11.4 Å². The van der Waals surface area contributed by atoms with Crippen molar-refractivity contribution in [2.75, 3.05) is 5.73 Å². The lowest BCUT2D eigenvalue weighted by Gasteiger charge is -2.04. The number of nitrogens with zero attached hydrogens (tertiary/aromatic N) is 2. The minimum absolute atomic E-state index is 0.454. The zero-order valence-electron chi connectivity index (χ0n) is 10.2. The fraction of sp³-hybridized carbons (Fsp3) is 0.308. The SMILES string of the molecule is CCCc1ccc(Oc2nn(C)cc2N)cc1. The molecule has 0 bridgehead atoms. The number of nitrogen functional groups attached to an aromatic ring is 1. The van der Waals surface area contributed by atoms with Gasteiger partial charge in [-0.1, -0.05) is 25.5 Å². The van der Waals surface area contributed by atoms with E-state index in [0.717, 1.165) is 18.6 Å². The molecule has 1 aromatic heterocycles. The molecule has 0 saturated heterocycles. The van der Waals surface area contributed by atoms with Crippen molar-refractivity contribution in [3.8, 4) is 11.6 Å². The third-order valence-electron chi connectivity index (χ3n) is 2.50. The Kier molecular flexibility index (Phi) is 3.32. The van der Waals surface area contributed by atoms with E-state index in [4.69, 9.17) is 10.5 Å². The first-order chi connectivity index (χ1) is 8.19. The van der Waals surface area contributed by atoms with Crippen LogP contribution in [0.2, 0.25) is 0 Å². The smallest absolute Gasteiger partial charge is 0.261 e. The van der Waals surface area contributed by atoms with E-state index in [1.807, 2.05) is 19.2 Å². The van der Waals surface area contributed by atoms with Gasteiger partial charge in [0.05, 0.1) is 6.20 Å². The number of aryl methyl sites for hydroxylation is 2. The van der Waals surface area contributed by atoms with E-state index < -0.39 is 0 Å². The quantitative estimate of drug-likeness (QED) is 0.880. The number of nitrogens with two attached hydrogens (primary N) is 1. The summed E-state index contributed by atoms with van der Waals surface area (Å²) in [6.07, 6.45) is 3.96. The zero-order chi connectivity index (χ0) is 12.3. The minimum Gasteiger partial charge on any atom is -0.436 e. The molecule has 2 N–H and O–H groups in total. The molecule has 1 aromatic carbocycles. The molecule has 0 aliphatic rings. The van der Waals surface area contributed by atoms with Gasteiger partial charge in [-0.2, -0.15) is 0 Å². The lowest BCUT2D eigenvalue weighted by molar-refractivity contribution is 0.455. The van der Waals surface area contributed by atoms with Gasteiger partial charge in [-0.3, -0.25) is 4.68 Å². The molecule has 0 saturated carbocycles. The van der Waals surface area contributed by atoms with Crippen molar-refractivity contribution in [1.29, 1.82) is 0 Å². The van der Waals surface area contributed by atoms with Crippen LogP contribution < -0.4 is 10.5 Å². The third-order valence-corrected chi connectivity index (χ3v) is 2.50. The predicted molar refractivity (Wildman–Crippen MR) is 68.1 cm³/mol. The van der Waals surface area contributed by atoms with E-state index in [2.05, 4.69) is 24.2 Å². The van der Waals surface area contributed by atoms with E-state index in [1.165, 1.54) is 5.56 Å². The van der Waals surface area contributed by atoms with Gasteiger partial charge in [0.15, 0.2) is 0 Å². The molecule has 0 atom stereocenters. The maximum Gasteiger partial charge on any atom is 0.261 e. The highest BCUT2D eigenvalue weighted by Crippen LogP contribution is 2.25. The summed E-state index contributed by atoms with van der Waals surface area (Å²) in [7, 11) is 1.81. The Morgan fingerprint density at radius 2 is 2.00 bits per heavy atom. The standard InChI is InChI=1S/C13H17N3O/c1-3-4-10-5-7-11(8-6-10)17-13-12(14)9-16(2)15-13/h5-9H,3-4,14H2,1-2H3. The fourth-order valence-corrected chi connectivity index (χ4v) is 1.69. The van der Waals surface area contributed by atoms with Crippen molar-refractivity contribution in [3.05, 3.63) is 36.0 Å². The van der Waals surface area contributed by atoms with Crippen LogP contribution in [0, 0.1) is 0 Å². The molecule has 0 fully saturated rings. The first-order valence-electron chi connectivity index (χ1n) is 5.75. The molecule has 4 heteroatoms. The molecule has 1 heterocycles. The second-order valence-electron chi connectivity index (χ2n) is 4.06. The number of hydrogen-bond donors (Lipinski definition) is 1. The molecular formula is C13H17N3O. The Morgan fingerprint density at radius 3 is 2.53 bits per heavy atom. The first-order valence-corrected chi connectivity index (χ1v) is 5.75. The van der Waals surface area contributed by atoms with E-state index in [9.17, 15) is 0 Å². The summed E-state index contributed by atoms with van der Waals surface area (Å²) in [4.78, 5) is 0. The lowest BCUT2D eigenvalue weighted by atomic mass is 10.1. The number of anilines is 1. The average molecular weight is 231 g/mol. The number of rotatable bonds is 4. The van der Waals surface area contributed by atoms with Gasteiger partial charge in [0.25, 0.3) is 5.88 Å². The van der Waals surface area contributed by atoms with Crippen molar-refractivity contribution in [1.82, 2.24) is 9.78 Å². The highest BCUT2D eigenvalue weighted by molar-refractivity contribution is 5.48. The monoisotopic (exact) mass is 231 g/mol. The predicted octanol–water partition coefficient (Wildman–Crippen LogP) is 2.75. The second kappa shape index (κ2) is 4.91. The molecule has 0 amide bonds. The molecule has 0 radical (unpaired) electrons. The molecule has 0 aliphatic heterocycles. The summed E-state index contributed by atoms with van der Waals surface area (Å²) in [5.41, 5.74) is 7.62. The Labute approximate surface area is 101 Å². The van der Waals surface area contributed by atoms with Crippen LogP contribution in [0.4, 0.5) is 5.69 Å². The summed E-state index contributed by atoms with van der Waals surface area (Å²) in [6, 6.07) is 8.02. The largest absolute Gasteiger partial charge is 0.436 e. The van der Waals surface area contributed by atoms with Crippen LogP contribution in [-0.2, 0) is 13.5 Å². The normalized spacial score (nSPS) is 10.5. The summed E-state index contributed by atoms with van der Waals surface area (Å²) in [5.74, 6) is 1.21. The number of hydrogen-bond acceptors (Lipinski definition) is 3. The highest BCUT2D eigenvalue weighted by atomic mass is 16.5. The molecule has 2 aromatic rings. The second-order valence-corrected chi connectivity index (χ2v) is 4.06. The molecule has 4 nitrogen and oxygen atoms in total. The molecule has 90 valence electrons. The maximum atomic E-state index is 5.76. The van der Waals surface area contributed by atoms with Gasteiger partial charge in [-0.25, -0.2) is 0 Å². The molecule has 17 heavy (non-hydrogen) atoms. The molecule has 0 aliphatic carbocycles. The minimum atomic E-state index is 0.454. The molecule has 2 rings (SSSR count). The zero-order valence-corrected chi connectivity index (χ0v) is 10.2. The summed E-state index contributed by atoms with van der Waals surface area (Å²) >= 11 is 0. The van der Waals surface area contributed by atoms with E-state index in [0.29, 0.717) is 11.6 Å². The molecule has 0 spiro atoms. The van der Waals surface area contributed by atoms with Crippen LogP contribution in [0.3, 0.4) is 0 Å². The molecule has 0 unspecified atom stereocenters. The maximum absolute atomic E-state index is 5.76. The Morgan fingerprint density at radius 1 is 1.29 bits per heavy atom. The van der Waals surface area contributed by atoms with Crippen molar-refractivity contribution in [2.45, 2.75) is 19.8 Å². The van der Waals surface area contributed by atoms with Crippen molar-refractivity contribution in [3.63, 3.8) is 0 Å². The Balaban J connectivity index is 2.11. The van der Waals surface area contributed by atoms with Crippen molar-refractivity contribution in [2.24, 2.45) is 7.05 Å². The van der Waals surface area contributed by atoms with Crippen LogP contribution in [0.5, 0.6) is 11.6 Å².